The molecule has 0 spiro atoms. The molecule has 0 saturated carbocycles. The third-order valence-corrected chi connectivity index (χ3v) is 7.17. The molecule has 1 saturated heterocycles. The van der Waals surface area contributed by atoms with Crippen molar-refractivity contribution in [2.24, 2.45) is 7.05 Å². The maximum Gasteiger partial charge on any atom is 0.239 e. The van der Waals surface area contributed by atoms with Gasteiger partial charge >= 0.3 is 0 Å². The highest BCUT2D eigenvalue weighted by molar-refractivity contribution is 6.31. The largest absolute Gasteiger partial charge is 0.457 e. The predicted molar refractivity (Wildman–Crippen MR) is 159 cm³/mol. The molecule has 1 aliphatic rings. The van der Waals surface area contributed by atoms with Crippen LogP contribution in [-0.2, 0) is 16.6 Å². The minimum atomic E-state index is -0.123. The van der Waals surface area contributed by atoms with Gasteiger partial charge < -0.3 is 24.7 Å². The first-order valence-electron chi connectivity index (χ1n) is 13.5. The summed E-state index contributed by atoms with van der Waals surface area (Å²) < 4.78 is 13.9. The molecule has 0 radical (unpaired) electrons. The van der Waals surface area contributed by atoms with Crippen molar-refractivity contribution in [1.82, 2.24) is 19.4 Å². The van der Waals surface area contributed by atoms with Crippen LogP contribution in [0.1, 0.15) is 39.2 Å². The number of rotatable bonds is 8. The number of ether oxygens (including phenoxy) is 2. The Morgan fingerprint density at radius 2 is 1.85 bits per heavy atom. The highest BCUT2D eigenvalue weighted by Gasteiger charge is 2.24. The molecule has 1 aliphatic heterocycles. The first-order chi connectivity index (χ1) is 19.1. The first kappa shape index (κ1) is 27.9. The summed E-state index contributed by atoms with van der Waals surface area (Å²) in [5.74, 6) is 2.53. The normalized spacial score (nSPS) is 17.8. The minimum Gasteiger partial charge on any atom is -0.457 e. The number of morpholine rings is 1. The Morgan fingerprint density at radius 1 is 1.10 bits per heavy atom. The smallest absolute Gasteiger partial charge is 0.239 e. The zero-order valence-electron chi connectivity index (χ0n) is 23.4. The number of carbonyl (C=O) groups excluding carboxylic acids is 1. The fourth-order valence-corrected chi connectivity index (χ4v) is 5.36. The predicted octanol–water partition coefficient (Wildman–Crippen LogP) is 6.33. The fraction of sp³-hybridized carbons (Fsp3) is 0.367. The van der Waals surface area contributed by atoms with E-state index in [-0.39, 0.29) is 24.7 Å². The number of nitrogens with one attached hydrogen (secondary N) is 2. The molecule has 2 aromatic heterocycles. The van der Waals surface area contributed by atoms with Gasteiger partial charge in [-0.05, 0) is 61.7 Å². The molecule has 3 heterocycles. The molecule has 40 heavy (non-hydrogen) atoms. The maximum atomic E-state index is 12.6. The molecule has 2 aromatic carbocycles. The summed E-state index contributed by atoms with van der Waals surface area (Å²) in [6.07, 6.45) is 1.82. The van der Waals surface area contributed by atoms with Crippen molar-refractivity contribution in [3.8, 4) is 11.5 Å². The van der Waals surface area contributed by atoms with Gasteiger partial charge in [0.15, 0.2) is 0 Å². The van der Waals surface area contributed by atoms with E-state index in [9.17, 15) is 4.79 Å². The fourth-order valence-electron chi connectivity index (χ4n) is 5.03. The van der Waals surface area contributed by atoms with E-state index in [1.165, 1.54) is 0 Å². The number of hydrogen-bond acceptors (Lipinski definition) is 7. The van der Waals surface area contributed by atoms with Gasteiger partial charge in [0.1, 0.15) is 17.3 Å². The summed E-state index contributed by atoms with van der Waals surface area (Å²) in [6.45, 7) is 10.0. The summed E-state index contributed by atoms with van der Waals surface area (Å²) in [7, 11) is 1.97. The van der Waals surface area contributed by atoms with E-state index < -0.39 is 0 Å². The van der Waals surface area contributed by atoms with Gasteiger partial charge in [0.25, 0.3) is 0 Å². The maximum absolute atomic E-state index is 12.6. The van der Waals surface area contributed by atoms with Crippen LogP contribution in [-0.4, -0.2) is 57.2 Å². The highest BCUT2D eigenvalue weighted by atomic mass is 35.5. The number of benzene rings is 2. The number of fused-ring (bicyclic) bond motifs is 1. The molecule has 0 aliphatic carbocycles. The highest BCUT2D eigenvalue weighted by Crippen LogP contribution is 2.31. The van der Waals surface area contributed by atoms with E-state index in [4.69, 9.17) is 26.1 Å². The number of hydrogen-bond donors (Lipinski definition) is 2. The number of nitrogens with zero attached hydrogens (tertiary/aromatic N) is 4. The zero-order chi connectivity index (χ0) is 28.4. The molecule has 0 unspecified atom stereocenters. The number of carbonyl (C=O) groups is 1. The van der Waals surface area contributed by atoms with Crippen molar-refractivity contribution in [1.29, 1.82) is 0 Å². The van der Waals surface area contributed by atoms with Crippen LogP contribution in [0.5, 0.6) is 11.5 Å². The lowest BCUT2D eigenvalue weighted by Gasteiger charge is -2.34. The number of aryl methyl sites for hydroxylation is 1. The van der Waals surface area contributed by atoms with E-state index in [0.717, 1.165) is 40.4 Å². The number of imidazole rings is 1. The zero-order valence-corrected chi connectivity index (χ0v) is 24.2. The van der Waals surface area contributed by atoms with Gasteiger partial charge in [0.2, 0.25) is 11.9 Å². The van der Waals surface area contributed by atoms with E-state index in [1.807, 2.05) is 55.8 Å². The van der Waals surface area contributed by atoms with Gasteiger partial charge in [0.05, 0.1) is 29.8 Å². The van der Waals surface area contributed by atoms with Crippen LogP contribution in [0, 0.1) is 0 Å². The number of anilines is 3. The van der Waals surface area contributed by atoms with Crippen LogP contribution in [0.25, 0.3) is 11.0 Å². The number of aromatic nitrogens is 3. The lowest BCUT2D eigenvalue weighted by Crippen LogP contribution is -2.48. The second-order valence-electron chi connectivity index (χ2n) is 10.6. The van der Waals surface area contributed by atoms with Crippen molar-refractivity contribution < 1.29 is 14.3 Å². The van der Waals surface area contributed by atoms with Crippen molar-refractivity contribution in [2.45, 2.75) is 45.8 Å². The second-order valence-corrected chi connectivity index (χ2v) is 11.0. The molecular formula is C30H35ClN6O3. The van der Waals surface area contributed by atoms with Crippen LogP contribution in [0.4, 0.5) is 17.5 Å². The standard InChI is InChI=1S/C30H35ClN6O3/c1-18(2)24-12-21(6-8-25(24)31)33-30-34-26-13-22(7-9-27(26)36(30)5)40-23-10-11-32-28(14-23)35-29(38)17-37-15-19(3)39-20(4)16-37/h6-14,18-20H,15-17H2,1-5H3,(H,33,34)(H,32,35,38)/t19-,20+. The van der Waals surface area contributed by atoms with E-state index in [2.05, 4.69) is 40.4 Å². The van der Waals surface area contributed by atoms with Crippen LogP contribution < -0.4 is 15.4 Å². The van der Waals surface area contributed by atoms with Crippen LogP contribution >= 0.6 is 11.6 Å². The topological polar surface area (TPSA) is 93.5 Å². The summed E-state index contributed by atoms with van der Waals surface area (Å²) in [6, 6.07) is 15.1. The molecule has 9 nitrogen and oxygen atoms in total. The van der Waals surface area contributed by atoms with E-state index >= 15 is 0 Å². The van der Waals surface area contributed by atoms with Crippen molar-refractivity contribution in [2.75, 3.05) is 30.3 Å². The Balaban J connectivity index is 1.26. The van der Waals surface area contributed by atoms with Crippen LogP contribution in [0.15, 0.2) is 54.7 Å². The van der Waals surface area contributed by atoms with Gasteiger partial charge in [-0.15, -0.1) is 0 Å². The third kappa shape index (κ3) is 6.55. The molecule has 1 amide bonds. The Morgan fingerprint density at radius 3 is 2.60 bits per heavy atom. The lowest BCUT2D eigenvalue weighted by atomic mass is 10.0. The van der Waals surface area contributed by atoms with Gasteiger partial charge in [-0.3, -0.25) is 9.69 Å². The molecule has 2 N–H and O–H groups in total. The number of amides is 1. The van der Waals surface area contributed by atoms with Gasteiger partial charge in [-0.25, -0.2) is 9.97 Å². The van der Waals surface area contributed by atoms with Crippen LogP contribution in [0.3, 0.4) is 0 Å². The molecule has 210 valence electrons. The van der Waals surface area contributed by atoms with Crippen molar-refractivity contribution in [3.05, 3.63) is 65.3 Å². The van der Waals surface area contributed by atoms with Crippen molar-refractivity contribution >= 4 is 46.0 Å². The SMILES string of the molecule is CC(C)c1cc(Nc2nc3cc(Oc4ccnc(NC(=O)CN5C[C@@H](C)O[C@@H](C)C5)c4)ccc3n2C)ccc1Cl. The van der Waals surface area contributed by atoms with Gasteiger partial charge in [-0.2, -0.15) is 0 Å². The number of pyridine rings is 1. The second kappa shape index (κ2) is 11.8. The Labute approximate surface area is 239 Å². The molecule has 2 atom stereocenters. The van der Waals surface area contributed by atoms with E-state index in [1.54, 1.807) is 18.3 Å². The molecule has 10 heteroatoms. The molecule has 1 fully saturated rings. The third-order valence-electron chi connectivity index (χ3n) is 6.82. The Bertz CT molecular complexity index is 1510. The molecule has 5 rings (SSSR count). The van der Waals surface area contributed by atoms with E-state index in [0.29, 0.717) is 29.2 Å². The Kier molecular flexibility index (Phi) is 8.25. The Hall–Kier alpha value is -3.66. The first-order valence-corrected chi connectivity index (χ1v) is 13.9. The van der Waals surface area contributed by atoms with Gasteiger partial charge in [0, 0.05) is 49.2 Å². The summed E-state index contributed by atoms with van der Waals surface area (Å²) >= 11 is 6.36. The molecular weight excluding hydrogens is 528 g/mol. The lowest BCUT2D eigenvalue weighted by molar-refractivity contribution is -0.121. The van der Waals surface area contributed by atoms with Gasteiger partial charge in [-0.1, -0.05) is 25.4 Å². The van der Waals surface area contributed by atoms with Crippen LogP contribution in [0.2, 0.25) is 5.02 Å². The molecule has 4 aromatic rings. The van der Waals surface area contributed by atoms with Crippen molar-refractivity contribution in [3.63, 3.8) is 0 Å². The summed E-state index contributed by atoms with van der Waals surface area (Å²) in [5.41, 5.74) is 3.76. The minimum absolute atomic E-state index is 0.102. The molecule has 0 bridgehead atoms. The quantitative estimate of drug-likeness (QED) is 0.259. The average molecular weight is 563 g/mol. The summed E-state index contributed by atoms with van der Waals surface area (Å²) in [5, 5.41) is 7.04. The average Bonchev–Trinajstić information content (AvgIpc) is 3.18. The summed E-state index contributed by atoms with van der Waals surface area (Å²) in [4.78, 5) is 23.8. The number of halogens is 1. The monoisotopic (exact) mass is 562 g/mol.